The molecule has 0 radical (unpaired) electrons. The molecule has 3 fully saturated rings. The molecule has 14 nitrogen and oxygen atoms in total. The van der Waals surface area contributed by atoms with Crippen LogP contribution < -0.4 is 0 Å². The summed E-state index contributed by atoms with van der Waals surface area (Å²) in [5, 5.41) is 89.0. The molecular formula is C16H28O14. The van der Waals surface area contributed by atoms with E-state index in [1.807, 2.05) is 0 Å². The average Bonchev–Trinajstić information content (AvgIpc) is 2.73. The Morgan fingerprint density at radius 3 is 1.83 bits per heavy atom. The Morgan fingerprint density at radius 1 is 0.633 bits per heavy atom. The summed E-state index contributed by atoms with van der Waals surface area (Å²) in [5.41, 5.74) is 0. The van der Waals surface area contributed by atoms with Gasteiger partial charge in [0.2, 0.25) is 0 Å². The molecule has 3 aliphatic heterocycles. The molecule has 0 aromatic rings. The molecule has 13 unspecified atom stereocenters. The predicted molar refractivity (Wildman–Crippen MR) is 89.2 cm³/mol. The number of ether oxygens (including phenoxy) is 5. The normalized spacial score (nSPS) is 52.9. The van der Waals surface area contributed by atoms with Crippen LogP contribution in [0.4, 0.5) is 0 Å². The Bertz CT molecular complexity index is 550. The maximum absolute atomic E-state index is 10.3. The highest BCUT2D eigenvalue weighted by molar-refractivity contribution is 4.92. The van der Waals surface area contributed by atoms with Crippen molar-refractivity contribution < 1.29 is 69.6 Å². The Kier molecular flexibility index (Phi) is 7.97. The molecule has 0 aromatic heterocycles. The highest BCUT2D eigenvalue weighted by atomic mass is 16.8. The van der Waals surface area contributed by atoms with E-state index in [0.717, 1.165) is 0 Å². The second-order valence-corrected chi connectivity index (χ2v) is 7.44. The first-order chi connectivity index (χ1) is 14.1. The first-order valence-electron chi connectivity index (χ1n) is 9.40. The van der Waals surface area contributed by atoms with Crippen LogP contribution in [0.15, 0.2) is 0 Å². The summed E-state index contributed by atoms with van der Waals surface area (Å²) < 4.78 is 26.2. The highest BCUT2D eigenvalue weighted by Crippen LogP contribution is 2.29. The zero-order valence-corrected chi connectivity index (χ0v) is 15.7. The average molecular weight is 444 g/mol. The van der Waals surface area contributed by atoms with Crippen LogP contribution in [-0.2, 0) is 23.7 Å². The molecule has 176 valence electrons. The number of rotatable bonds is 5. The van der Waals surface area contributed by atoms with Gasteiger partial charge < -0.3 is 69.6 Å². The third kappa shape index (κ3) is 4.77. The van der Waals surface area contributed by atoms with Gasteiger partial charge in [0.15, 0.2) is 18.9 Å². The fourth-order valence-corrected chi connectivity index (χ4v) is 3.44. The Hall–Kier alpha value is -0.560. The van der Waals surface area contributed by atoms with Gasteiger partial charge in [-0.2, -0.15) is 0 Å². The van der Waals surface area contributed by atoms with Crippen molar-refractivity contribution in [3.05, 3.63) is 0 Å². The van der Waals surface area contributed by atoms with Gasteiger partial charge >= 0.3 is 0 Å². The molecule has 0 saturated carbocycles. The third-order valence-corrected chi connectivity index (χ3v) is 5.31. The van der Waals surface area contributed by atoms with Crippen molar-refractivity contribution in [1.29, 1.82) is 0 Å². The first kappa shape index (κ1) is 24.1. The molecule has 0 aromatic carbocycles. The summed E-state index contributed by atoms with van der Waals surface area (Å²) in [6.45, 7) is -1.48. The minimum atomic E-state index is -1.80. The van der Waals surface area contributed by atoms with Crippen LogP contribution >= 0.6 is 0 Å². The van der Waals surface area contributed by atoms with Crippen molar-refractivity contribution in [3.8, 4) is 0 Å². The first-order valence-corrected chi connectivity index (χ1v) is 9.40. The smallest absolute Gasteiger partial charge is 0.187 e. The maximum atomic E-state index is 10.3. The largest absolute Gasteiger partial charge is 0.394 e. The maximum Gasteiger partial charge on any atom is 0.187 e. The number of hydrogen-bond donors (Lipinski definition) is 9. The lowest BCUT2D eigenvalue weighted by molar-refractivity contribution is -0.376. The lowest BCUT2D eigenvalue weighted by Gasteiger charge is -2.45. The summed E-state index contributed by atoms with van der Waals surface area (Å²) >= 11 is 0. The minimum absolute atomic E-state index is 0.347. The van der Waals surface area contributed by atoms with Gasteiger partial charge in [0.25, 0.3) is 0 Å². The molecule has 9 N–H and O–H groups in total. The van der Waals surface area contributed by atoms with E-state index in [0.29, 0.717) is 0 Å². The van der Waals surface area contributed by atoms with E-state index in [-0.39, 0.29) is 6.61 Å². The molecule has 0 amide bonds. The van der Waals surface area contributed by atoms with E-state index in [1.165, 1.54) is 0 Å². The number of aliphatic hydroxyl groups is 9. The minimum Gasteiger partial charge on any atom is -0.394 e. The van der Waals surface area contributed by atoms with Crippen molar-refractivity contribution in [3.63, 3.8) is 0 Å². The Balaban J connectivity index is 1.75. The molecule has 0 aliphatic carbocycles. The van der Waals surface area contributed by atoms with Crippen LogP contribution in [0.25, 0.3) is 0 Å². The summed E-state index contributed by atoms with van der Waals surface area (Å²) in [6.07, 6.45) is -20.5. The number of aliphatic hydroxyl groups excluding tert-OH is 9. The molecule has 0 spiro atoms. The Morgan fingerprint density at radius 2 is 1.20 bits per heavy atom. The van der Waals surface area contributed by atoms with Crippen molar-refractivity contribution in [2.75, 3.05) is 19.8 Å². The molecule has 3 rings (SSSR count). The monoisotopic (exact) mass is 444 g/mol. The SMILES string of the molecule is OCC1OC(OC2C(OC3C(O)OCC(O)C3O)OCC(O)C2O)C(O)C(O)C1O. The predicted octanol–water partition coefficient (Wildman–Crippen LogP) is -6.29. The van der Waals surface area contributed by atoms with Gasteiger partial charge in [-0.15, -0.1) is 0 Å². The van der Waals surface area contributed by atoms with Gasteiger partial charge in [0, 0.05) is 0 Å². The van der Waals surface area contributed by atoms with Gasteiger partial charge in [-0.05, 0) is 0 Å². The van der Waals surface area contributed by atoms with Gasteiger partial charge in [-0.3, -0.25) is 0 Å². The molecule has 3 saturated heterocycles. The van der Waals surface area contributed by atoms with E-state index in [1.54, 1.807) is 0 Å². The van der Waals surface area contributed by atoms with Crippen LogP contribution in [0.1, 0.15) is 0 Å². The van der Waals surface area contributed by atoms with Crippen LogP contribution in [0, 0.1) is 0 Å². The van der Waals surface area contributed by atoms with Crippen LogP contribution in [0.3, 0.4) is 0 Å². The summed E-state index contributed by atoms with van der Waals surface area (Å²) in [4.78, 5) is 0. The van der Waals surface area contributed by atoms with E-state index in [2.05, 4.69) is 0 Å². The lowest BCUT2D eigenvalue weighted by Crippen LogP contribution is -2.64. The summed E-state index contributed by atoms with van der Waals surface area (Å²) in [5.74, 6) is 0. The molecule has 14 heteroatoms. The fraction of sp³-hybridized carbons (Fsp3) is 1.00. The van der Waals surface area contributed by atoms with E-state index in [4.69, 9.17) is 23.7 Å². The zero-order chi connectivity index (χ0) is 22.2. The lowest BCUT2D eigenvalue weighted by atomic mass is 9.98. The number of hydrogen-bond acceptors (Lipinski definition) is 14. The standard InChI is InChI=1S/C16H28O14/c17-1-6-9(22)10(23)11(24)15(28-6)30-13-8(21)5(19)3-27-16(13)29-12-7(20)4(18)2-26-14(12)25/h4-25H,1-3H2. The van der Waals surface area contributed by atoms with Crippen LogP contribution in [0.2, 0.25) is 0 Å². The van der Waals surface area contributed by atoms with E-state index in [9.17, 15) is 46.0 Å². The molecule has 0 bridgehead atoms. The van der Waals surface area contributed by atoms with Crippen molar-refractivity contribution >= 4 is 0 Å². The summed E-state index contributed by atoms with van der Waals surface area (Å²) in [7, 11) is 0. The van der Waals surface area contributed by atoms with Gasteiger partial charge in [-0.25, -0.2) is 0 Å². The molecule has 30 heavy (non-hydrogen) atoms. The van der Waals surface area contributed by atoms with Gasteiger partial charge in [-0.1, -0.05) is 0 Å². The van der Waals surface area contributed by atoms with Gasteiger partial charge in [0.1, 0.15) is 61.0 Å². The zero-order valence-electron chi connectivity index (χ0n) is 15.7. The second-order valence-electron chi connectivity index (χ2n) is 7.44. The van der Waals surface area contributed by atoms with Crippen molar-refractivity contribution in [2.24, 2.45) is 0 Å². The Labute approximate surface area is 170 Å². The molecule has 3 aliphatic rings. The molecule has 13 atom stereocenters. The van der Waals surface area contributed by atoms with E-state index < -0.39 is 93.1 Å². The fourth-order valence-electron chi connectivity index (χ4n) is 3.44. The molecule has 3 heterocycles. The van der Waals surface area contributed by atoms with Crippen molar-refractivity contribution in [2.45, 2.75) is 79.9 Å². The van der Waals surface area contributed by atoms with Crippen LogP contribution in [-0.4, -0.2) is 146 Å². The van der Waals surface area contributed by atoms with E-state index >= 15 is 0 Å². The quantitative estimate of drug-likeness (QED) is 0.192. The second kappa shape index (κ2) is 9.93. The third-order valence-electron chi connectivity index (χ3n) is 5.31. The summed E-state index contributed by atoms with van der Waals surface area (Å²) in [6, 6.07) is 0. The van der Waals surface area contributed by atoms with Crippen LogP contribution in [0.5, 0.6) is 0 Å². The topological polar surface area (TPSA) is 228 Å². The molecular weight excluding hydrogens is 416 g/mol. The highest BCUT2D eigenvalue weighted by Gasteiger charge is 2.50. The van der Waals surface area contributed by atoms with Crippen molar-refractivity contribution in [1.82, 2.24) is 0 Å². The van der Waals surface area contributed by atoms with Gasteiger partial charge in [0.05, 0.1) is 19.8 Å².